The molecule has 2 N–H and O–H groups in total. The maximum absolute atomic E-state index is 12.7. The number of hydrogen-bond donors (Lipinski definition) is 2. The van der Waals surface area contributed by atoms with E-state index in [1.54, 1.807) is 12.1 Å². The number of carbonyl (C=O) groups excluding carboxylic acids is 1. The minimum Gasteiger partial charge on any atom is -0.507 e. The van der Waals surface area contributed by atoms with Crippen LogP contribution in [-0.2, 0) is 0 Å². The van der Waals surface area contributed by atoms with Crippen LogP contribution in [-0.4, -0.2) is 29.2 Å². The van der Waals surface area contributed by atoms with Gasteiger partial charge in [-0.1, -0.05) is 6.07 Å². The number of phenols is 2. The van der Waals surface area contributed by atoms with Gasteiger partial charge < -0.3 is 24.4 Å². The maximum atomic E-state index is 12.7. The Morgan fingerprint density at radius 3 is 2.73 bits per heavy atom. The predicted molar refractivity (Wildman–Crippen MR) is 94.2 cm³/mol. The summed E-state index contributed by atoms with van der Waals surface area (Å²) in [6.45, 7) is 1.88. The van der Waals surface area contributed by atoms with Gasteiger partial charge in [0, 0.05) is 6.07 Å². The van der Waals surface area contributed by atoms with E-state index in [0.717, 1.165) is 0 Å². The first kappa shape index (κ1) is 16.3. The van der Waals surface area contributed by atoms with E-state index in [9.17, 15) is 15.0 Å². The largest absolute Gasteiger partial charge is 0.507 e. The van der Waals surface area contributed by atoms with Crippen LogP contribution in [0.25, 0.3) is 6.08 Å². The number of carbonyl (C=O) groups is 1. The molecule has 4 rings (SSSR count). The number of rotatable bonds is 2. The van der Waals surface area contributed by atoms with E-state index >= 15 is 0 Å². The minimum absolute atomic E-state index is 0.0131. The molecule has 0 amide bonds. The van der Waals surface area contributed by atoms with Crippen LogP contribution in [0, 0.1) is 0 Å². The van der Waals surface area contributed by atoms with Crippen molar-refractivity contribution in [1.29, 1.82) is 0 Å². The smallest absolute Gasteiger partial charge is 0.174 e. The summed E-state index contributed by atoms with van der Waals surface area (Å²) in [6, 6.07) is 6.28. The molecule has 0 radical (unpaired) electrons. The Hall–Kier alpha value is -3.15. The average Bonchev–Trinajstić information content (AvgIpc) is 2.61. The van der Waals surface area contributed by atoms with E-state index in [1.165, 1.54) is 19.2 Å². The standard InChI is InChI=1S/C20H18O6/c1-10-3-5-12-17(25-10)9-15(23)19-14(22)8-16(26-20(12)19)11-4-6-13(21)18(7-11)24-2/h3-7,9-10,16,21,23H,8H2,1-2H3. The first-order chi connectivity index (χ1) is 12.5. The average molecular weight is 354 g/mol. The molecule has 0 aromatic heterocycles. The molecule has 2 aromatic rings. The zero-order chi connectivity index (χ0) is 18.4. The second kappa shape index (κ2) is 5.98. The number of ether oxygens (including phenoxy) is 3. The lowest BCUT2D eigenvalue weighted by atomic mass is 9.92. The molecule has 6 heteroatoms. The van der Waals surface area contributed by atoms with Crippen LogP contribution in [0.15, 0.2) is 30.3 Å². The van der Waals surface area contributed by atoms with Crippen LogP contribution in [0.3, 0.4) is 0 Å². The number of ketones is 1. The monoisotopic (exact) mass is 354 g/mol. The van der Waals surface area contributed by atoms with Crippen molar-refractivity contribution in [3.05, 3.63) is 47.0 Å². The normalized spacial score (nSPS) is 20.6. The Kier molecular flexibility index (Phi) is 3.76. The summed E-state index contributed by atoms with van der Waals surface area (Å²) >= 11 is 0. The fraction of sp³-hybridized carbons (Fsp3) is 0.250. The van der Waals surface area contributed by atoms with Crippen molar-refractivity contribution in [2.75, 3.05) is 7.11 Å². The molecule has 2 heterocycles. The highest BCUT2D eigenvalue weighted by molar-refractivity contribution is 6.04. The van der Waals surface area contributed by atoms with Crippen LogP contribution in [0.5, 0.6) is 28.7 Å². The minimum atomic E-state index is -0.553. The van der Waals surface area contributed by atoms with E-state index in [-0.39, 0.29) is 35.4 Å². The molecule has 0 saturated carbocycles. The fourth-order valence-corrected chi connectivity index (χ4v) is 3.29. The number of benzene rings is 2. The molecular formula is C20H18O6. The highest BCUT2D eigenvalue weighted by Crippen LogP contribution is 2.47. The zero-order valence-electron chi connectivity index (χ0n) is 14.4. The molecule has 2 unspecified atom stereocenters. The van der Waals surface area contributed by atoms with Crippen LogP contribution in [0.4, 0.5) is 0 Å². The van der Waals surface area contributed by atoms with Crippen LogP contribution in [0.2, 0.25) is 0 Å². The van der Waals surface area contributed by atoms with Gasteiger partial charge in [0.2, 0.25) is 0 Å². The van der Waals surface area contributed by atoms with Crippen molar-refractivity contribution in [2.24, 2.45) is 0 Å². The van der Waals surface area contributed by atoms with Gasteiger partial charge in [0.1, 0.15) is 35.0 Å². The summed E-state index contributed by atoms with van der Waals surface area (Å²) in [7, 11) is 1.46. The van der Waals surface area contributed by atoms with Gasteiger partial charge in [-0.2, -0.15) is 0 Å². The SMILES string of the molecule is COc1cc(C2CC(=O)c3c(O)cc4c(c3O2)C=CC(C)O4)ccc1O. The first-order valence-electron chi connectivity index (χ1n) is 8.29. The molecule has 134 valence electrons. The molecule has 0 aliphatic carbocycles. The van der Waals surface area contributed by atoms with Crippen molar-refractivity contribution in [2.45, 2.75) is 25.6 Å². The number of methoxy groups -OCH3 is 1. The van der Waals surface area contributed by atoms with Gasteiger partial charge in [0.05, 0.1) is 19.1 Å². The number of aromatic hydroxyl groups is 2. The Balaban J connectivity index is 1.79. The molecule has 0 spiro atoms. The summed E-state index contributed by atoms with van der Waals surface area (Å²) in [5.41, 5.74) is 1.51. The zero-order valence-corrected chi connectivity index (χ0v) is 14.4. The lowest BCUT2D eigenvalue weighted by Gasteiger charge is -2.30. The maximum Gasteiger partial charge on any atom is 0.174 e. The number of phenolic OH excluding ortho intramolecular Hbond substituents is 2. The molecule has 2 atom stereocenters. The highest BCUT2D eigenvalue weighted by Gasteiger charge is 2.34. The fourth-order valence-electron chi connectivity index (χ4n) is 3.29. The molecule has 0 saturated heterocycles. The van der Waals surface area contributed by atoms with Gasteiger partial charge in [-0.25, -0.2) is 0 Å². The van der Waals surface area contributed by atoms with Crippen molar-refractivity contribution in [3.8, 4) is 28.7 Å². The highest BCUT2D eigenvalue weighted by atomic mass is 16.5. The predicted octanol–water partition coefficient (Wildman–Crippen LogP) is 3.61. The molecule has 2 aliphatic rings. The molecule has 6 nitrogen and oxygen atoms in total. The quantitative estimate of drug-likeness (QED) is 0.857. The van der Waals surface area contributed by atoms with E-state index in [0.29, 0.717) is 28.4 Å². The number of Topliss-reactive ketones (excluding diaryl/α,β-unsaturated/α-hetero) is 1. The first-order valence-corrected chi connectivity index (χ1v) is 8.29. The molecular weight excluding hydrogens is 336 g/mol. The molecule has 26 heavy (non-hydrogen) atoms. The van der Waals surface area contributed by atoms with Crippen LogP contribution >= 0.6 is 0 Å². The molecule has 2 aliphatic heterocycles. The van der Waals surface area contributed by atoms with Crippen LogP contribution in [0.1, 0.15) is 40.9 Å². The van der Waals surface area contributed by atoms with Crippen molar-refractivity contribution < 1.29 is 29.2 Å². The Bertz CT molecular complexity index is 930. The van der Waals surface area contributed by atoms with E-state index in [1.807, 2.05) is 19.1 Å². The summed E-state index contributed by atoms with van der Waals surface area (Å²) in [5.74, 6) is 0.756. The Morgan fingerprint density at radius 1 is 1.15 bits per heavy atom. The van der Waals surface area contributed by atoms with Crippen molar-refractivity contribution in [3.63, 3.8) is 0 Å². The van der Waals surface area contributed by atoms with E-state index in [2.05, 4.69) is 0 Å². The van der Waals surface area contributed by atoms with Crippen molar-refractivity contribution >= 4 is 11.9 Å². The summed E-state index contributed by atoms with van der Waals surface area (Å²) in [5, 5.41) is 20.1. The number of hydrogen-bond acceptors (Lipinski definition) is 6. The van der Waals surface area contributed by atoms with Gasteiger partial charge in [0.15, 0.2) is 17.3 Å². The van der Waals surface area contributed by atoms with E-state index in [4.69, 9.17) is 14.2 Å². The van der Waals surface area contributed by atoms with Crippen LogP contribution < -0.4 is 14.2 Å². The van der Waals surface area contributed by atoms with E-state index < -0.39 is 6.10 Å². The molecule has 2 aromatic carbocycles. The summed E-state index contributed by atoms with van der Waals surface area (Å²) in [6.07, 6.45) is 3.10. The topological polar surface area (TPSA) is 85.2 Å². The van der Waals surface area contributed by atoms with Gasteiger partial charge >= 0.3 is 0 Å². The second-order valence-electron chi connectivity index (χ2n) is 6.36. The second-order valence-corrected chi connectivity index (χ2v) is 6.36. The van der Waals surface area contributed by atoms with Gasteiger partial charge in [-0.3, -0.25) is 4.79 Å². The summed E-state index contributed by atoms with van der Waals surface area (Å²) in [4.78, 5) is 12.7. The third kappa shape index (κ3) is 2.54. The third-order valence-electron chi connectivity index (χ3n) is 4.59. The van der Waals surface area contributed by atoms with Gasteiger partial charge in [-0.15, -0.1) is 0 Å². The number of fused-ring (bicyclic) bond motifs is 3. The molecule has 0 bridgehead atoms. The Morgan fingerprint density at radius 2 is 1.96 bits per heavy atom. The summed E-state index contributed by atoms with van der Waals surface area (Å²) < 4.78 is 16.9. The molecule has 0 fully saturated rings. The lowest BCUT2D eigenvalue weighted by molar-refractivity contribution is 0.0843. The van der Waals surface area contributed by atoms with Gasteiger partial charge in [0.25, 0.3) is 0 Å². The van der Waals surface area contributed by atoms with Gasteiger partial charge in [-0.05, 0) is 36.8 Å². The third-order valence-corrected chi connectivity index (χ3v) is 4.59. The van der Waals surface area contributed by atoms with Crippen molar-refractivity contribution in [1.82, 2.24) is 0 Å². The lowest BCUT2D eigenvalue weighted by Crippen LogP contribution is -2.22. The Labute approximate surface area is 150 Å².